The molecule has 0 bridgehead atoms. The topological polar surface area (TPSA) is 168 Å². The van der Waals surface area contributed by atoms with Crippen molar-refractivity contribution >= 4 is 29.5 Å². The number of carboxylic acid groups (broad SMARTS) is 1. The number of amides is 3. The second-order valence-electron chi connectivity index (χ2n) is 10.4. The zero-order valence-electron chi connectivity index (χ0n) is 24.3. The fraction of sp³-hybridized carbons (Fsp3) is 0.593. The highest BCUT2D eigenvalue weighted by atomic mass is 19.4. The summed E-state index contributed by atoms with van der Waals surface area (Å²) in [5.41, 5.74) is 5.38. The summed E-state index contributed by atoms with van der Waals surface area (Å²) >= 11 is 0. The molecule has 1 aliphatic heterocycles. The Balaban J connectivity index is 0.00000117. The Morgan fingerprint density at radius 1 is 0.977 bits per heavy atom. The molecule has 1 aromatic rings. The Bertz CT molecular complexity index is 1140. The van der Waals surface area contributed by atoms with E-state index in [1.54, 1.807) is 38.1 Å². The molecule has 1 heterocycles. The fourth-order valence-electron chi connectivity index (χ4n) is 4.07. The van der Waals surface area contributed by atoms with Crippen molar-refractivity contribution in [1.82, 2.24) is 15.5 Å². The average molecular weight is 625 g/mol. The van der Waals surface area contributed by atoms with Gasteiger partial charge in [-0.1, -0.05) is 27.7 Å². The number of carbonyl (C=O) groups is 5. The number of hydrogen-bond donors (Lipinski definition) is 4. The summed E-state index contributed by atoms with van der Waals surface area (Å²) in [4.78, 5) is 61.8. The number of carbonyl (C=O) groups excluding carboxylic acids is 4. The molecule has 1 aliphatic rings. The van der Waals surface area contributed by atoms with Gasteiger partial charge in [0.1, 0.15) is 17.8 Å². The van der Waals surface area contributed by atoms with Crippen LogP contribution < -0.4 is 21.1 Å². The predicted molar refractivity (Wildman–Crippen MR) is 143 cm³/mol. The predicted octanol–water partition coefficient (Wildman–Crippen LogP) is 2.38. The number of aliphatic carboxylic acids is 1. The van der Waals surface area contributed by atoms with E-state index in [0.717, 1.165) is 0 Å². The molecule has 16 heteroatoms. The largest absolute Gasteiger partial charge is 0.497 e. The number of likely N-dealkylation sites (tertiary alicyclic amines) is 1. The summed E-state index contributed by atoms with van der Waals surface area (Å²) in [5.74, 6) is -9.93. The molecule has 43 heavy (non-hydrogen) atoms. The van der Waals surface area contributed by atoms with E-state index in [1.807, 2.05) is 0 Å². The van der Waals surface area contributed by atoms with Crippen molar-refractivity contribution in [3.05, 3.63) is 29.8 Å². The summed E-state index contributed by atoms with van der Waals surface area (Å²) < 4.78 is 64.7. The van der Waals surface area contributed by atoms with Crippen molar-refractivity contribution in [3.63, 3.8) is 0 Å². The number of alkyl halides is 5. The highest BCUT2D eigenvalue weighted by molar-refractivity contribution is 5.99. The molecule has 1 aromatic carbocycles. The average Bonchev–Trinajstić information content (AvgIpc) is 3.43. The number of ether oxygens (including phenoxy) is 1. The molecule has 1 fully saturated rings. The zero-order valence-corrected chi connectivity index (χ0v) is 24.3. The molecular weight excluding hydrogens is 587 g/mol. The van der Waals surface area contributed by atoms with Gasteiger partial charge in [0.05, 0.1) is 19.7 Å². The lowest BCUT2D eigenvalue weighted by atomic mass is 9.95. The van der Waals surface area contributed by atoms with E-state index in [1.165, 1.54) is 25.9 Å². The van der Waals surface area contributed by atoms with Gasteiger partial charge in [0, 0.05) is 12.1 Å². The van der Waals surface area contributed by atoms with Crippen LogP contribution >= 0.6 is 0 Å². The number of hydrogen-bond acceptors (Lipinski definition) is 7. The number of methoxy groups -OCH3 is 1. The van der Waals surface area contributed by atoms with Crippen LogP contribution in [0.5, 0.6) is 5.75 Å². The number of ketones is 1. The maximum Gasteiger partial charge on any atom is 0.490 e. The van der Waals surface area contributed by atoms with Crippen LogP contribution in [0.3, 0.4) is 0 Å². The lowest BCUT2D eigenvalue weighted by Crippen LogP contribution is -2.59. The number of benzene rings is 1. The summed E-state index contributed by atoms with van der Waals surface area (Å²) in [7, 11) is 1.51. The molecule has 2 rings (SSSR count). The normalized spacial score (nSPS) is 16.6. The van der Waals surface area contributed by atoms with E-state index in [9.17, 15) is 41.1 Å². The summed E-state index contributed by atoms with van der Waals surface area (Å²) in [5, 5.41) is 12.3. The number of carboxylic acids is 1. The molecule has 0 saturated carbocycles. The Morgan fingerprint density at radius 2 is 1.49 bits per heavy atom. The van der Waals surface area contributed by atoms with Gasteiger partial charge in [-0.15, -0.1) is 0 Å². The van der Waals surface area contributed by atoms with Crippen molar-refractivity contribution < 1.29 is 55.8 Å². The first-order valence-corrected chi connectivity index (χ1v) is 13.3. The lowest BCUT2D eigenvalue weighted by molar-refractivity contribution is -0.192. The molecule has 0 aliphatic carbocycles. The summed E-state index contributed by atoms with van der Waals surface area (Å²) in [6, 6.07) is 3.08. The first kappa shape index (κ1) is 37.2. The number of Topliss-reactive ketones (excluding diaryl/α,β-unsaturated/α-hetero) is 1. The molecule has 0 unspecified atom stereocenters. The molecule has 0 radical (unpaired) electrons. The number of rotatable bonds is 11. The van der Waals surface area contributed by atoms with Gasteiger partial charge < -0.3 is 31.1 Å². The van der Waals surface area contributed by atoms with E-state index in [0.29, 0.717) is 24.2 Å². The fourth-order valence-corrected chi connectivity index (χ4v) is 4.07. The Hall–Kier alpha value is -3.82. The van der Waals surface area contributed by atoms with Crippen molar-refractivity contribution in [2.75, 3.05) is 20.2 Å². The molecule has 5 N–H and O–H groups in total. The van der Waals surface area contributed by atoms with Gasteiger partial charge in [0.25, 0.3) is 5.91 Å². The van der Waals surface area contributed by atoms with Crippen LogP contribution in [0.25, 0.3) is 0 Å². The van der Waals surface area contributed by atoms with Crippen LogP contribution in [0.2, 0.25) is 0 Å². The second kappa shape index (κ2) is 15.6. The number of halogens is 5. The van der Waals surface area contributed by atoms with Crippen molar-refractivity contribution in [2.24, 2.45) is 17.6 Å². The molecule has 3 atom stereocenters. The van der Waals surface area contributed by atoms with Crippen LogP contribution in [0.1, 0.15) is 50.9 Å². The molecule has 3 amide bonds. The van der Waals surface area contributed by atoms with Crippen molar-refractivity contribution in [1.29, 1.82) is 0 Å². The maximum absolute atomic E-state index is 14.0. The summed E-state index contributed by atoms with van der Waals surface area (Å²) in [6.45, 7) is 5.71. The van der Waals surface area contributed by atoms with Crippen molar-refractivity contribution in [2.45, 2.75) is 70.8 Å². The molecular formula is C27H37F5N4O7. The molecule has 0 spiro atoms. The van der Waals surface area contributed by atoms with Crippen molar-refractivity contribution in [3.8, 4) is 5.75 Å². The van der Waals surface area contributed by atoms with Crippen LogP contribution in [-0.2, 0) is 19.2 Å². The third-order valence-electron chi connectivity index (χ3n) is 6.52. The van der Waals surface area contributed by atoms with Gasteiger partial charge in [0.2, 0.25) is 17.6 Å². The quantitative estimate of drug-likeness (QED) is 0.272. The van der Waals surface area contributed by atoms with E-state index in [-0.39, 0.29) is 12.5 Å². The number of nitrogens with zero attached hydrogens (tertiary/aromatic N) is 1. The first-order chi connectivity index (χ1) is 19.8. The monoisotopic (exact) mass is 624 g/mol. The SMILES string of the molecule is COc1ccc(C(=O)N[C@H](C(=O)N2CCC[C@H]2C(=O)N[C@H](C(=O)C(F)(F)CN)C(C)C)C(C)C)cc1.O=C(O)C(F)(F)F. The van der Waals surface area contributed by atoms with Gasteiger partial charge in [-0.05, 0) is 48.9 Å². The standard InChI is InChI=1S/C25H36F2N4O5.C2HF3O2/c1-14(2)19(21(32)25(26,27)13-28)29-23(34)18-7-6-12-31(18)24(35)20(15(3)4)30-22(33)16-8-10-17(36-5)11-9-16;3-2(4,5)1(6)7/h8-11,14-15,18-20H,6-7,12-13,28H2,1-5H3,(H,29,34)(H,30,33);(H,6,7)/t18-,19-,20-;/m0./s1. The minimum Gasteiger partial charge on any atom is -0.497 e. The number of nitrogens with two attached hydrogens (primary N) is 1. The van der Waals surface area contributed by atoms with Gasteiger partial charge in [-0.3, -0.25) is 19.2 Å². The summed E-state index contributed by atoms with van der Waals surface area (Å²) in [6.07, 6.45) is -4.26. The maximum atomic E-state index is 14.0. The lowest BCUT2D eigenvalue weighted by Gasteiger charge is -2.32. The Morgan fingerprint density at radius 3 is 1.91 bits per heavy atom. The molecule has 242 valence electrons. The third-order valence-corrected chi connectivity index (χ3v) is 6.52. The number of nitrogens with one attached hydrogen (secondary N) is 2. The van der Waals surface area contributed by atoms with E-state index >= 15 is 0 Å². The van der Waals surface area contributed by atoms with E-state index in [2.05, 4.69) is 10.6 Å². The van der Waals surface area contributed by atoms with Crippen LogP contribution in [0, 0.1) is 11.8 Å². The minimum absolute atomic E-state index is 0.262. The van der Waals surface area contributed by atoms with Crippen LogP contribution in [-0.4, -0.2) is 89.9 Å². The van der Waals surface area contributed by atoms with Crippen LogP contribution in [0.15, 0.2) is 24.3 Å². The molecule has 1 saturated heterocycles. The second-order valence-corrected chi connectivity index (χ2v) is 10.4. The van der Waals surface area contributed by atoms with E-state index < -0.39 is 72.2 Å². The highest BCUT2D eigenvalue weighted by Crippen LogP contribution is 2.23. The smallest absolute Gasteiger partial charge is 0.490 e. The zero-order chi connectivity index (χ0) is 33.3. The van der Waals surface area contributed by atoms with Gasteiger partial charge in [-0.25, -0.2) is 4.79 Å². The highest BCUT2D eigenvalue weighted by Gasteiger charge is 2.45. The molecule has 11 nitrogen and oxygen atoms in total. The van der Waals surface area contributed by atoms with Crippen LogP contribution in [0.4, 0.5) is 22.0 Å². The first-order valence-electron chi connectivity index (χ1n) is 13.3. The Labute approximate surface area is 245 Å². The van der Waals surface area contributed by atoms with Gasteiger partial charge >= 0.3 is 18.1 Å². The molecule has 0 aromatic heterocycles. The van der Waals surface area contributed by atoms with Gasteiger partial charge in [0.15, 0.2) is 0 Å². The third kappa shape index (κ3) is 10.4. The van der Waals surface area contributed by atoms with Gasteiger partial charge in [-0.2, -0.15) is 22.0 Å². The Kier molecular flexibility index (Phi) is 13.5. The van der Waals surface area contributed by atoms with E-state index in [4.69, 9.17) is 20.4 Å². The minimum atomic E-state index is -5.08.